The highest BCUT2D eigenvalue weighted by molar-refractivity contribution is 6.09. The Bertz CT molecular complexity index is 777. The molecule has 0 atom stereocenters. The van der Waals surface area contributed by atoms with Crippen LogP contribution in [0.3, 0.4) is 0 Å². The van der Waals surface area contributed by atoms with E-state index in [-0.39, 0.29) is 5.91 Å². The monoisotopic (exact) mass is 255 g/mol. The molecule has 0 aliphatic carbocycles. The van der Waals surface area contributed by atoms with E-state index < -0.39 is 0 Å². The number of ether oxygens (including phenoxy) is 1. The van der Waals surface area contributed by atoms with Crippen LogP contribution in [0.1, 0.15) is 10.5 Å². The van der Waals surface area contributed by atoms with Crippen LogP contribution >= 0.6 is 0 Å². The molecule has 2 N–H and O–H groups in total. The number of pyridine rings is 1. The Morgan fingerprint density at radius 1 is 1.26 bits per heavy atom. The topological polar surface area (TPSA) is 67.0 Å². The number of nitrogens with zero attached hydrogens (tertiary/aromatic N) is 1. The number of fused-ring (bicyclic) bond motifs is 3. The van der Waals surface area contributed by atoms with Gasteiger partial charge in [0.05, 0.1) is 18.8 Å². The van der Waals surface area contributed by atoms with E-state index in [1.165, 1.54) is 0 Å². The van der Waals surface area contributed by atoms with Crippen LogP contribution in [0.25, 0.3) is 21.8 Å². The normalized spacial score (nSPS) is 10.8. The number of carbonyl (C=O) groups is 1. The van der Waals surface area contributed by atoms with Crippen molar-refractivity contribution in [3.8, 4) is 5.75 Å². The molecule has 5 nitrogen and oxygen atoms in total. The maximum Gasteiger partial charge on any atom is 0.269 e. The molecule has 2 heterocycles. The standard InChI is InChI=1S/C14H13N3O2/c1-15-14(18)12-6-10-9-5-8(19-2)3-4-11(9)17-13(10)7-16-12/h3-7,17H,1-2H3,(H,15,18). The van der Waals surface area contributed by atoms with Gasteiger partial charge >= 0.3 is 0 Å². The van der Waals surface area contributed by atoms with Gasteiger partial charge in [-0.25, -0.2) is 4.98 Å². The molecule has 19 heavy (non-hydrogen) atoms. The molecule has 0 aliphatic rings. The smallest absolute Gasteiger partial charge is 0.269 e. The highest BCUT2D eigenvalue weighted by Gasteiger charge is 2.10. The third-order valence-corrected chi connectivity index (χ3v) is 3.15. The molecule has 1 aromatic carbocycles. The molecule has 0 spiro atoms. The van der Waals surface area contributed by atoms with Crippen molar-refractivity contribution in [2.24, 2.45) is 0 Å². The van der Waals surface area contributed by atoms with Gasteiger partial charge < -0.3 is 15.0 Å². The summed E-state index contributed by atoms with van der Waals surface area (Å²) in [6.45, 7) is 0. The average Bonchev–Trinajstić information content (AvgIpc) is 2.83. The van der Waals surface area contributed by atoms with Gasteiger partial charge in [-0.05, 0) is 24.3 Å². The number of amides is 1. The molecular weight excluding hydrogens is 242 g/mol. The van der Waals surface area contributed by atoms with Crippen LogP contribution < -0.4 is 10.1 Å². The first kappa shape index (κ1) is 11.5. The molecule has 0 aliphatic heterocycles. The third-order valence-electron chi connectivity index (χ3n) is 3.15. The first-order valence-electron chi connectivity index (χ1n) is 5.90. The van der Waals surface area contributed by atoms with E-state index in [0.717, 1.165) is 27.6 Å². The van der Waals surface area contributed by atoms with Gasteiger partial charge in [-0.2, -0.15) is 0 Å². The van der Waals surface area contributed by atoms with E-state index >= 15 is 0 Å². The second kappa shape index (κ2) is 4.28. The largest absolute Gasteiger partial charge is 0.497 e. The van der Waals surface area contributed by atoms with E-state index in [4.69, 9.17) is 4.74 Å². The average molecular weight is 255 g/mol. The molecule has 0 saturated carbocycles. The minimum Gasteiger partial charge on any atom is -0.497 e. The Morgan fingerprint density at radius 3 is 2.79 bits per heavy atom. The Balaban J connectivity index is 2.30. The zero-order valence-electron chi connectivity index (χ0n) is 10.7. The predicted molar refractivity (Wildman–Crippen MR) is 73.5 cm³/mol. The number of carbonyl (C=O) groups excluding carboxylic acids is 1. The van der Waals surface area contributed by atoms with Crippen LogP contribution in [-0.4, -0.2) is 30.0 Å². The Kier molecular flexibility index (Phi) is 2.59. The van der Waals surface area contributed by atoms with Gasteiger partial charge in [0, 0.05) is 23.3 Å². The molecule has 0 unspecified atom stereocenters. The quantitative estimate of drug-likeness (QED) is 0.736. The van der Waals surface area contributed by atoms with Gasteiger partial charge in [0.1, 0.15) is 11.4 Å². The molecular formula is C14H13N3O2. The lowest BCUT2D eigenvalue weighted by molar-refractivity contribution is 0.0958. The zero-order chi connectivity index (χ0) is 13.4. The van der Waals surface area contributed by atoms with E-state index in [9.17, 15) is 4.79 Å². The van der Waals surface area contributed by atoms with Crippen molar-refractivity contribution in [1.29, 1.82) is 0 Å². The summed E-state index contributed by atoms with van der Waals surface area (Å²) in [5.41, 5.74) is 2.29. The number of aromatic nitrogens is 2. The second-order valence-electron chi connectivity index (χ2n) is 4.23. The summed E-state index contributed by atoms with van der Waals surface area (Å²) in [6.07, 6.45) is 1.67. The zero-order valence-corrected chi connectivity index (χ0v) is 10.7. The maximum absolute atomic E-state index is 11.6. The molecule has 96 valence electrons. The fraction of sp³-hybridized carbons (Fsp3) is 0.143. The first-order valence-corrected chi connectivity index (χ1v) is 5.90. The third kappa shape index (κ3) is 1.79. The number of nitrogens with one attached hydrogen (secondary N) is 2. The summed E-state index contributed by atoms with van der Waals surface area (Å²) in [5.74, 6) is 0.589. The van der Waals surface area contributed by atoms with Gasteiger partial charge in [-0.1, -0.05) is 0 Å². The van der Waals surface area contributed by atoms with Crippen molar-refractivity contribution in [3.05, 3.63) is 36.2 Å². The molecule has 2 aromatic heterocycles. The molecule has 0 radical (unpaired) electrons. The molecule has 1 amide bonds. The van der Waals surface area contributed by atoms with Crippen LogP contribution in [0.15, 0.2) is 30.5 Å². The van der Waals surface area contributed by atoms with Crippen molar-refractivity contribution in [2.45, 2.75) is 0 Å². The highest BCUT2D eigenvalue weighted by Crippen LogP contribution is 2.28. The van der Waals surface area contributed by atoms with Crippen molar-refractivity contribution in [3.63, 3.8) is 0 Å². The summed E-state index contributed by atoms with van der Waals surface area (Å²) in [5, 5.41) is 4.55. The molecule has 3 aromatic rings. The van der Waals surface area contributed by atoms with Gasteiger partial charge in [-0.3, -0.25) is 4.79 Å². The summed E-state index contributed by atoms with van der Waals surface area (Å²) in [4.78, 5) is 19.0. The Morgan fingerprint density at radius 2 is 2.05 bits per heavy atom. The lowest BCUT2D eigenvalue weighted by Gasteiger charge is -2.00. The van der Waals surface area contributed by atoms with Crippen LogP contribution in [0, 0.1) is 0 Å². The van der Waals surface area contributed by atoms with Crippen LogP contribution in [0.2, 0.25) is 0 Å². The number of hydrogen-bond donors (Lipinski definition) is 2. The first-order chi connectivity index (χ1) is 9.22. The Labute approximate surface area is 109 Å². The lowest BCUT2D eigenvalue weighted by atomic mass is 10.1. The second-order valence-corrected chi connectivity index (χ2v) is 4.23. The minimum absolute atomic E-state index is 0.195. The predicted octanol–water partition coefficient (Wildman–Crippen LogP) is 2.08. The summed E-state index contributed by atoms with van der Waals surface area (Å²) in [7, 11) is 3.22. The fourth-order valence-corrected chi connectivity index (χ4v) is 2.16. The maximum atomic E-state index is 11.6. The van der Waals surface area contributed by atoms with Gasteiger partial charge in [-0.15, -0.1) is 0 Å². The van der Waals surface area contributed by atoms with Gasteiger partial charge in [0.2, 0.25) is 0 Å². The summed E-state index contributed by atoms with van der Waals surface area (Å²) >= 11 is 0. The number of methoxy groups -OCH3 is 1. The van der Waals surface area contributed by atoms with E-state index in [1.54, 1.807) is 26.4 Å². The van der Waals surface area contributed by atoms with Crippen LogP contribution in [0.5, 0.6) is 5.75 Å². The number of rotatable bonds is 2. The SMILES string of the molecule is CNC(=O)c1cc2c(cn1)[nH]c1ccc(OC)cc12. The van der Waals surface area contributed by atoms with Gasteiger partial charge in [0.15, 0.2) is 0 Å². The van der Waals surface area contributed by atoms with E-state index in [2.05, 4.69) is 15.3 Å². The Hall–Kier alpha value is -2.56. The number of benzene rings is 1. The van der Waals surface area contributed by atoms with Crippen molar-refractivity contribution in [2.75, 3.05) is 14.2 Å². The molecule has 0 bridgehead atoms. The molecule has 3 rings (SSSR count). The molecule has 0 fully saturated rings. The van der Waals surface area contributed by atoms with Crippen molar-refractivity contribution in [1.82, 2.24) is 15.3 Å². The number of aromatic amines is 1. The van der Waals surface area contributed by atoms with Gasteiger partial charge in [0.25, 0.3) is 5.91 Å². The lowest BCUT2D eigenvalue weighted by Crippen LogP contribution is -2.18. The number of hydrogen-bond acceptors (Lipinski definition) is 3. The summed E-state index contributed by atoms with van der Waals surface area (Å²) in [6, 6.07) is 7.58. The van der Waals surface area contributed by atoms with Crippen LogP contribution in [0.4, 0.5) is 0 Å². The molecule has 0 saturated heterocycles. The van der Waals surface area contributed by atoms with Crippen molar-refractivity contribution >= 4 is 27.7 Å². The fourth-order valence-electron chi connectivity index (χ4n) is 2.16. The van der Waals surface area contributed by atoms with E-state index in [0.29, 0.717) is 5.69 Å². The van der Waals surface area contributed by atoms with Crippen molar-refractivity contribution < 1.29 is 9.53 Å². The minimum atomic E-state index is -0.195. The van der Waals surface area contributed by atoms with E-state index in [1.807, 2.05) is 18.2 Å². The van der Waals surface area contributed by atoms with Crippen LogP contribution in [-0.2, 0) is 0 Å². The number of H-pyrrole nitrogens is 1. The highest BCUT2D eigenvalue weighted by atomic mass is 16.5. The summed E-state index contributed by atoms with van der Waals surface area (Å²) < 4.78 is 5.23. The molecule has 5 heteroatoms.